The van der Waals surface area contributed by atoms with Crippen molar-refractivity contribution in [1.29, 1.82) is 0 Å². The standard InChI is InChI=1S/C7H6BrF3N2O2/c8-4-1-12-6(13-2-4)15-3-5(14)7(9,10)11/h1-2,5,14H,3H2. The minimum Gasteiger partial charge on any atom is -0.460 e. The van der Waals surface area contributed by atoms with Crippen molar-refractivity contribution in [3.8, 4) is 6.01 Å². The minimum atomic E-state index is -4.70. The minimum absolute atomic E-state index is 0.221. The van der Waals surface area contributed by atoms with E-state index >= 15 is 0 Å². The van der Waals surface area contributed by atoms with Crippen LogP contribution < -0.4 is 4.74 Å². The van der Waals surface area contributed by atoms with Crippen LogP contribution in [0.15, 0.2) is 16.9 Å². The fourth-order valence-corrected chi connectivity index (χ4v) is 0.828. The van der Waals surface area contributed by atoms with Gasteiger partial charge in [0.05, 0.1) is 4.47 Å². The number of ether oxygens (including phenoxy) is 1. The number of hydrogen-bond donors (Lipinski definition) is 1. The van der Waals surface area contributed by atoms with E-state index in [1.807, 2.05) is 0 Å². The summed E-state index contributed by atoms with van der Waals surface area (Å²) in [5.41, 5.74) is 0. The number of aliphatic hydroxyl groups is 1. The first-order chi connectivity index (χ1) is 6.89. The highest BCUT2D eigenvalue weighted by Gasteiger charge is 2.38. The van der Waals surface area contributed by atoms with Crippen molar-refractivity contribution in [3.05, 3.63) is 16.9 Å². The predicted molar refractivity (Wildman–Crippen MR) is 47.3 cm³/mol. The average molecular weight is 287 g/mol. The molecule has 1 aromatic rings. The van der Waals surface area contributed by atoms with Gasteiger partial charge in [-0.25, -0.2) is 9.97 Å². The van der Waals surface area contributed by atoms with Crippen molar-refractivity contribution in [2.75, 3.05) is 6.61 Å². The Bertz CT molecular complexity index is 317. The van der Waals surface area contributed by atoms with Crippen molar-refractivity contribution in [2.24, 2.45) is 0 Å². The van der Waals surface area contributed by atoms with Gasteiger partial charge < -0.3 is 9.84 Å². The Morgan fingerprint density at radius 2 is 1.93 bits per heavy atom. The van der Waals surface area contributed by atoms with Crippen LogP contribution in [0.1, 0.15) is 0 Å². The van der Waals surface area contributed by atoms with E-state index in [2.05, 4.69) is 30.6 Å². The molecule has 1 N–H and O–H groups in total. The summed E-state index contributed by atoms with van der Waals surface area (Å²) in [5, 5.41) is 8.59. The molecule has 15 heavy (non-hydrogen) atoms. The van der Waals surface area contributed by atoms with Crippen molar-refractivity contribution >= 4 is 15.9 Å². The molecule has 1 unspecified atom stereocenters. The van der Waals surface area contributed by atoms with Gasteiger partial charge in [0, 0.05) is 12.4 Å². The average Bonchev–Trinajstić information content (AvgIpc) is 2.15. The number of aliphatic hydroxyl groups excluding tert-OH is 1. The lowest BCUT2D eigenvalue weighted by Crippen LogP contribution is -2.34. The van der Waals surface area contributed by atoms with Crippen LogP contribution in [0.25, 0.3) is 0 Å². The van der Waals surface area contributed by atoms with E-state index in [0.29, 0.717) is 4.47 Å². The Balaban J connectivity index is 2.47. The van der Waals surface area contributed by atoms with E-state index in [-0.39, 0.29) is 6.01 Å². The lowest BCUT2D eigenvalue weighted by molar-refractivity contribution is -0.211. The van der Waals surface area contributed by atoms with Gasteiger partial charge in [-0.15, -0.1) is 0 Å². The first-order valence-electron chi connectivity index (χ1n) is 3.74. The summed E-state index contributed by atoms with van der Waals surface area (Å²) in [6, 6.07) is -0.221. The Kier molecular flexibility index (Phi) is 3.86. The lowest BCUT2D eigenvalue weighted by Gasteiger charge is -2.13. The normalized spacial score (nSPS) is 13.7. The molecule has 0 aliphatic heterocycles. The number of halogens is 4. The third-order valence-electron chi connectivity index (χ3n) is 1.34. The van der Waals surface area contributed by atoms with Crippen LogP contribution in [0.5, 0.6) is 6.01 Å². The first kappa shape index (κ1) is 12.2. The summed E-state index contributed by atoms with van der Waals surface area (Å²) in [5.74, 6) is 0. The molecule has 0 aromatic carbocycles. The van der Waals surface area contributed by atoms with Gasteiger partial charge in [0.15, 0.2) is 6.10 Å². The number of rotatable bonds is 3. The SMILES string of the molecule is OC(COc1ncc(Br)cn1)C(F)(F)F. The summed E-state index contributed by atoms with van der Waals surface area (Å²) < 4.78 is 40.6. The molecule has 1 aromatic heterocycles. The molecule has 0 amide bonds. The summed E-state index contributed by atoms with van der Waals surface area (Å²) >= 11 is 3.05. The van der Waals surface area contributed by atoms with Gasteiger partial charge in [-0.1, -0.05) is 0 Å². The maximum Gasteiger partial charge on any atom is 0.417 e. The number of aromatic nitrogens is 2. The highest BCUT2D eigenvalue weighted by Crippen LogP contribution is 2.20. The monoisotopic (exact) mass is 286 g/mol. The molecule has 4 nitrogen and oxygen atoms in total. The molecule has 1 atom stereocenters. The van der Waals surface area contributed by atoms with Gasteiger partial charge in [0.1, 0.15) is 6.61 Å². The summed E-state index contributed by atoms with van der Waals surface area (Å²) in [6.45, 7) is -0.925. The van der Waals surface area contributed by atoms with Crippen LogP contribution in [0.4, 0.5) is 13.2 Å². The second-order valence-electron chi connectivity index (χ2n) is 2.55. The van der Waals surface area contributed by atoms with Gasteiger partial charge in [0.2, 0.25) is 0 Å². The zero-order valence-corrected chi connectivity index (χ0v) is 8.79. The summed E-state index contributed by atoms with van der Waals surface area (Å²) in [4.78, 5) is 7.15. The van der Waals surface area contributed by atoms with E-state index in [1.165, 1.54) is 12.4 Å². The van der Waals surface area contributed by atoms with Crippen molar-refractivity contribution < 1.29 is 23.0 Å². The molecule has 1 rings (SSSR count). The molecule has 0 spiro atoms. The van der Waals surface area contributed by atoms with Crippen LogP contribution in [0.3, 0.4) is 0 Å². The molecular weight excluding hydrogens is 281 g/mol. The molecular formula is C7H6BrF3N2O2. The quantitative estimate of drug-likeness (QED) is 0.916. The summed E-state index contributed by atoms with van der Waals surface area (Å²) in [6.07, 6.45) is -4.59. The van der Waals surface area contributed by atoms with E-state index in [4.69, 9.17) is 5.11 Å². The highest BCUT2D eigenvalue weighted by molar-refractivity contribution is 9.10. The maximum absolute atomic E-state index is 11.8. The molecule has 0 aliphatic carbocycles. The fraction of sp³-hybridized carbons (Fsp3) is 0.429. The second kappa shape index (κ2) is 4.75. The van der Waals surface area contributed by atoms with Crippen LogP contribution in [0.2, 0.25) is 0 Å². The van der Waals surface area contributed by atoms with E-state index < -0.39 is 18.9 Å². The van der Waals surface area contributed by atoms with E-state index in [0.717, 1.165) is 0 Å². The molecule has 84 valence electrons. The van der Waals surface area contributed by atoms with Crippen LogP contribution in [-0.2, 0) is 0 Å². The maximum atomic E-state index is 11.8. The molecule has 0 saturated heterocycles. The van der Waals surface area contributed by atoms with E-state index in [1.54, 1.807) is 0 Å². The lowest BCUT2D eigenvalue weighted by atomic mass is 10.4. The Morgan fingerprint density at radius 3 is 2.40 bits per heavy atom. The largest absolute Gasteiger partial charge is 0.460 e. The molecule has 0 saturated carbocycles. The van der Waals surface area contributed by atoms with Crippen molar-refractivity contribution in [3.63, 3.8) is 0 Å². The molecule has 0 radical (unpaired) electrons. The topological polar surface area (TPSA) is 55.2 Å². The molecule has 1 heterocycles. The Morgan fingerprint density at radius 1 is 1.40 bits per heavy atom. The van der Waals surface area contributed by atoms with Crippen molar-refractivity contribution in [2.45, 2.75) is 12.3 Å². The third-order valence-corrected chi connectivity index (χ3v) is 1.75. The second-order valence-corrected chi connectivity index (χ2v) is 3.47. The molecule has 8 heteroatoms. The highest BCUT2D eigenvalue weighted by atomic mass is 79.9. The van der Waals surface area contributed by atoms with Crippen LogP contribution >= 0.6 is 15.9 Å². The first-order valence-corrected chi connectivity index (χ1v) is 4.54. The van der Waals surface area contributed by atoms with Gasteiger partial charge in [-0.2, -0.15) is 13.2 Å². The number of nitrogens with zero attached hydrogens (tertiary/aromatic N) is 2. The number of hydrogen-bond acceptors (Lipinski definition) is 4. The van der Waals surface area contributed by atoms with Gasteiger partial charge >= 0.3 is 12.2 Å². The molecule has 0 bridgehead atoms. The van der Waals surface area contributed by atoms with Gasteiger partial charge in [-0.05, 0) is 15.9 Å². The fourth-order valence-electron chi connectivity index (χ4n) is 0.623. The third kappa shape index (κ3) is 4.00. The van der Waals surface area contributed by atoms with Crippen LogP contribution in [-0.4, -0.2) is 34.0 Å². The molecule has 0 fully saturated rings. The van der Waals surface area contributed by atoms with Crippen molar-refractivity contribution in [1.82, 2.24) is 9.97 Å². The Hall–Kier alpha value is -0.890. The summed E-state index contributed by atoms with van der Waals surface area (Å²) in [7, 11) is 0. The van der Waals surface area contributed by atoms with Gasteiger partial charge in [0.25, 0.3) is 0 Å². The smallest absolute Gasteiger partial charge is 0.417 e. The Labute approximate surface area is 91.2 Å². The molecule has 0 aliphatic rings. The predicted octanol–water partition coefficient (Wildman–Crippen LogP) is 1.54. The number of alkyl halides is 3. The van der Waals surface area contributed by atoms with Crippen LogP contribution in [0, 0.1) is 0 Å². The van der Waals surface area contributed by atoms with E-state index in [9.17, 15) is 13.2 Å². The zero-order chi connectivity index (χ0) is 11.5. The zero-order valence-electron chi connectivity index (χ0n) is 7.20. The van der Waals surface area contributed by atoms with Gasteiger partial charge in [-0.3, -0.25) is 0 Å².